The third kappa shape index (κ3) is 3.45. The average molecular weight is 277 g/mol. The second-order valence-corrected chi connectivity index (χ2v) is 4.33. The van der Waals surface area contributed by atoms with Gasteiger partial charge in [0.15, 0.2) is 11.6 Å². The molecule has 0 unspecified atom stereocenters. The molecule has 106 valence electrons. The van der Waals surface area contributed by atoms with Crippen LogP contribution in [0, 0.1) is 5.82 Å². The van der Waals surface area contributed by atoms with Crippen LogP contribution < -0.4 is 9.47 Å². The number of ether oxygens (including phenoxy) is 2. The van der Waals surface area contributed by atoms with Crippen molar-refractivity contribution in [3.8, 4) is 11.6 Å². The van der Waals surface area contributed by atoms with Crippen LogP contribution in [-0.2, 0) is 6.61 Å². The van der Waals surface area contributed by atoms with Crippen molar-refractivity contribution < 1.29 is 19.0 Å². The van der Waals surface area contributed by atoms with Crippen LogP contribution in [0.5, 0.6) is 11.6 Å². The summed E-state index contributed by atoms with van der Waals surface area (Å²) in [6, 6.07) is 9.67. The number of aliphatic hydroxyl groups excluding tert-OH is 1. The first-order valence-electron chi connectivity index (χ1n) is 6.20. The summed E-state index contributed by atoms with van der Waals surface area (Å²) in [5.41, 5.74) is 1.15. The van der Waals surface area contributed by atoms with Gasteiger partial charge in [0.25, 0.3) is 0 Å². The molecule has 0 saturated heterocycles. The summed E-state index contributed by atoms with van der Waals surface area (Å²) in [4.78, 5) is 4.17. The Labute approximate surface area is 116 Å². The molecule has 0 aliphatic rings. The van der Waals surface area contributed by atoms with Gasteiger partial charge in [-0.25, -0.2) is 9.37 Å². The van der Waals surface area contributed by atoms with Crippen LogP contribution in [0.25, 0.3) is 0 Å². The number of aromatic nitrogens is 1. The molecule has 0 aliphatic carbocycles. The van der Waals surface area contributed by atoms with Gasteiger partial charge in [-0.05, 0) is 30.7 Å². The van der Waals surface area contributed by atoms with E-state index >= 15 is 0 Å². The Morgan fingerprint density at radius 1 is 1.30 bits per heavy atom. The lowest BCUT2D eigenvalue weighted by molar-refractivity contribution is 0.198. The Hall–Kier alpha value is -2.14. The molecule has 20 heavy (non-hydrogen) atoms. The third-order valence-electron chi connectivity index (χ3n) is 2.80. The molecule has 0 fully saturated rings. The fourth-order valence-corrected chi connectivity index (χ4v) is 1.70. The maximum Gasteiger partial charge on any atom is 0.213 e. The molecule has 5 heteroatoms. The first-order valence-corrected chi connectivity index (χ1v) is 6.20. The first kappa shape index (κ1) is 14.3. The van der Waals surface area contributed by atoms with Crippen LogP contribution in [0.3, 0.4) is 0 Å². The Morgan fingerprint density at radius 3 is 2.75 bits per heavy atom. The fraction of sp³-hybridized carbons (Fsp3) is 0.267. The smallest absolute Gasteiger partial charge is 0.213 e. The molecular formula is C15H16FNO3. The number of methoxy groups -OCH3 is 1. The van der Waals surface area contributed by atoms with E-state index in [0.29, 0.717) is 17.1 Å². The van der Waals surface area contributed by atoms with E-state index in [1.807, 2.05) is 0 Å². The molecule has 2 rings (SSSR count). The molecule has 0 aliphatic heterocycles. The highest BCUT2D eigenvalue weighted by atomic mass is 19.1. The lowest BCUT2D eigenvalue weighted by Crippen LogP contribution is -2.01. The van der Waals surface area contributed by atoms with Crippen molar-refractivity contribution in [1.29, 1.82) is 0 Å². The molecule has 0 saturated carbocycles. The summed E-state index contributed by atoms with van der Waals surface area (Å²) in [5, 5.41) is 9.37. The summed E-state index contributed by atoms with van der Waals surface area (Å²) >= 11 is 0. The topological polar surface area (TPSA) is 51.6 Å². The molecule has 1 N–H and O–H groups in total. The predicted octanol–water partition coefficient (Wildman–Crippen LogP) is 2.86. The maximum atomic E-state index is 13.8. The van der Waals surface area contributed by atoms with E-state index in [1.165, 1.54) is 19.2 Å². The predicted molar refractivity (Wildman–Crippen MR) is 72.2 cm³/mol. The number of pyridine rings is 1. The van der Waals surface area contributed by atoms with E-state index in [9.17, 15) is 9.50 Å². The molecular weight excluding hydrogens is 261 g/mol. The largest absolute Gasteiger partial charge is 0.484 e. The van der Waals surface area contributed by atoms with Crippen molar-refractivity contribution in [1.82, 2.24) is 4.98 Å². The molecule has 0 radical (unpaired) electrons. The summed E-state index contributed by atoms with van der Waals surface area (Å²) < 4.78 is 24.2. The van der Waals surface area contributed by atoms with Gasteiger partial charge >= 0.3 is 0 Å². The van der Waals surface area contributed by atoms with Crippen molar-refractivity contribution in [3.05, 3.63) is 53.5 Å². The molecule has 0 spiro atoms. The van der Waals surface area contributed by atoms with Gasteiger partial charge < -0.3 is 14.6 Å². The number of hydrogen-bond acceptors (Lipinski definition) is 4. The van der Waals surface area contributed by atoms with Crippen molar-refractivity contribution >= 4 is 0 Å². The van der Waals surface area contributed by atoms with Gasteiger partial charge in [-0.2, -0.15) is 0 Å². The Balaban J connectivity index is 2.07. The summed E-state index contributed by atoms with van der Waals surface area (Å²) in [5.74, 6) is 0.0985. The van der Waals surface area contributed by atoms with Gasteiger partial charge in [0.05, 0.1) is 18.9 Å². The molecule has 0 amide bonds. The van der Waals surface area contributed by atoms with Gasteiger partial charge in [-0.1, -0.05) is 12.1 Å². The SMILES string of the molecule is COc1cccc(COc2ccc([C@@H](C)O)cc2F)n1. The number of nitrogens with zero attached hydrogens (tertiary/aromatic N) is 1. The highest BCUT2D eigenvalue weighted by molar-refractivity contribution is 5.30. The molecule has 0 bridgehead atoms. The van der Waals surface area contributed by atoms with Crippen molar-refractivity contribution in [3.63, 3.8) is 0 Å². The van der Waals surface area contributed by atoms with Crippen molar-refractivity contribution in [2.24, 2.45) is 0 Å². The van der Waals surface area contributed by atoms with Gasteiger partial charge in [0, 0.05) is 6.07 Å². The Kier molecular flexibility index (Phi) is 4.53. The molecule has 1 heterocycles. The van der Waals surface area contributed by atoms with E-state index in [4.69, 9.17) is 9.47 Å². The zero-order valence-electron chi connectivity index (χ0n) is 11.3. The number of hydrogen-bond donors (Lipinski definition) is 1. The highest BCUT2D eigenvalue weighted by Gasteiger charge is 2.08. The normalized spacial score (nSPS) is 12.0. The van der Waals surface area contributed by atoms with E-state index in [2.05, 4.69) is 4.98 Å². The Bertz CT molecular complexity index is 587. The minimum Gasteiger partial charge on any atom is -0.484 e. The van der Waals surface area contributed by atoms with Crippen LogP contribution in [0.2, 0.25) is 0 Å². The standard InChI is InChI=1S/C15H16FNO3/c1-10(18)11-6-7-14(13(16)8-11)20-9-12-4-3-5-15(17-12)19-2/h3-8,10,18H,9H2,1-2H3/t10-/m1/s1. The quantitative estimate of drug-likeness (QED) is 0.913. The summed E-state index contributed by atoms with van der Waals surface area (Å²) in [6.45, 7) is 1.72. The van der Waals surface area contributed by atoms with Crippen LogP contribution in [-0.4, -0.2) is 17.2 Å². The van der Waals surface area contributed by atoms with Crippen LogP contribution in [0.4, 0.5) is 4.39 Å². The second-order valence-electron chi connectivity index (χ2n) is 4.33. The second kappa shape index (κ2) is 6.34. The van der Waals surface area contributed by atoms with Gasteiger partial charge in [0.1, 0.15) is 6.61 Å². The Morgan fingerprint density at radius 2 is 2.10 bits per heavy atom. The minimum atomic E-state index is -0.710. The van der Waals surface area contributed by atoms with Gasteiger partial charge in [-0.15, -0.1) is 0 Å². The lowest BCUT2D eigenvalue weighted by Gasteiger charge is -2.10. The molecule has 4 nitrogen and oxygen atoms in total. The number of aliphatic hydroxyl groups is 1. The zero-order valence-corrected chi connectivity index (χ0v) is 11.3. The summed E-state index contributed by atoms with van der Waals surface area (Å²) in [7, 11) is 1.53. The van der Waals surface area contributed by atoms with Gasteiger partial charge in [-0.3, -0.25) is 0 Å². The fourth-order valence-electron chi connectivity index (χ4n) is 1.70. The lowest BCUT2D eigenvalue weighted by atomic mass is 10.1. The van der Waals surface area contributed by atoms with E-state index in [1.54, 1.807) is 31.2 Å². The van der Waals surface area contributed by atoms with Crippen molar-refractivity contribution in [2.45, 2.75) is 19.6 Å². The first-order chi connectivity index (χ1) is 9.60. The molecule has 2 aromatic rings. The maximum absolute atomic E-state index is 13.8. The average Bonchev–Trinajstić information content (AvgIpc) is 2.46. The van der Waals surface area contributed by atoms with E-state index < -0.39 is 11.9 Å². The number of benzene rings is 1. The monoisotopic (exact) mass is 277 g/mol. The van der Waals surface area contributed by atoms with Crippen LogP contribution in [0.15, 0.2) is 36.4 Å². The highest BCUT2D eigenvalue weighted by Crippen LogP contribution is 2.22. The molecule has 1 aromatic heterocycles. The number of halogens is 1. The van der Waals surface area contributed by atoms with Gasteiger partial charge in [0.2, 0.25) is 5.88 Å². The zero-order chi connectivity index (χ0) is 14.5. The van der Waals surface area contributed by atoms with E-state index in [-0.39, 0.29) is 12.4 Å². The van der Waals surface area contributed by atoms with Crippen molar-refractivity contribution in [2.75, 3.05) is 7.11 Å². The van der Waals surface area contributed by atoms with Crippen LogP contribution >= 0.6 is 0 Å². The van der Waals surface area contributed by atoms with E-state index in [0.717, 1.165) is 0 Å². The molecule has 1 aromatic carbocycles. The minimum absolute atomic E-state index is 0.124. The number of rotatable bonds is 5. The molecule has 1 atom stereocenters. The van der Waals surface area contributed by atoms with Crippen LogP contribution in [0.1, 0.15) is 24.3 Å². The summed E-state index contributed by atoms with van der Waals surface area (Å²) in [6.07, 6.45) is -0.710. The third-order valence-corrected chi connectivity index (χ3v) is 2.80.